The third-order valence-electron chi connectivity index (χ3n) is 5.48. The van der Waals surface area contributed by atoms with Crippen LogP contribution < -0.4 is 10.2 Å². The third kappa shape index (κ3) is 3.57. The largest absolute Gasteiger partial charge is 0.508 e. The standard InChI is InChI=1S/C23H20ClN5O2/c24-18-5-2-1-4-16(18)20-17-7-6-15(30)12-19(17)31-23-21(20)22(25)29(14-27-23)10-3-9-28-11-8-26-13-28/h1-2,4-8,11-14,20,25,30H,3,9-10H2. The minimum absolute atomic E-state index is 0.108. The van der Waals surface area contributed by atoms with Crippen LogP contribution in [0.25, 0.3) is 0 Å². The zero-order valence-corrected chi connectivity index (χ0v) is 17.3. The normalized spacial score (nSPS) is 14.5. The molecule has 5 rings (SSSR count). The fraction of sp³-hybridized carbons (Fsp3) is 0.174. The number of aromatic nitrogens is 4. The summed E-state index contributed by atoms with van der Waals surface area (Å²) in [5.41, 5.74) is 2.70. The lowest BCUT2D eigenvalue weighted by Gasteiger charge is -2.29. The first-order chi connectivity index (χ1) is 15.1. The molecule has 3 heterocycles. The minimum Gasteiger partial charge on any atom is -0.508 e. The Morgan fingerprint density at radius 1 is 1.10 bits per heavy atom. The lowest BCUT2D eigenvalue weighted by atomic mass is 9.84. The van der Waals surface area contributed by atoms with Crippen LogP contribution in [0, 0.1) is 5.41 Å². The van der Waals surface area contributed by atoms with Crippen molar-refractivity contribution in [3.05, 3.63) is 94.7 Å². The molecule has 0 fully saturated rings. The Hall–Kier alpha value is -3.58. The molecule has 0 saturated heterocycles. The van der Waals surface area contributed by atoms with Gasteiger partial charge in [-0.3, -0.25) is 5.41 Å². The van der Waals surface area contributed by atoms with Gasteiger partial charge >= 0.3 is 0 Å². The van der Waals surface area contributed by atoms with Crippen molar-refractivity contribution in [2.75, 3.05) is 0 Å². The fourth-order valence-corrected chi connectivity index (χ4v) is 4.25. The van der Waals surface area contributed by atoms with Crippen LogP contribution >= 0.6 is 11.6 Å². The molecule has 8 heteroatoms. The number of phenols is 1. The Labute approximate surface area is 183 Å². The lowest BCUT2D eigenvalue weighted by molar-refractivity contribution is 0.411. The number of phenolic OH excluding ortho intramolecular Hbond substituents is 1. The molecular weight excluding hydrogens is 414 g/mol. The van der Waals surface area contributed by atoms with E-state index in [1.54, 1.807) is 31.0 Å². The fourth-order valence-electron chi connectivity index (χ4n) is 4.00. The molecule has 0 spiro atoms. The van der Waals surface area contributed by atoms with Gasteiger partial charge in [0, 0.05) is 48.1 Å². The first kappa shape index (κ1) is 19.4. The molecule has 0 bridgehead atoms. The number of hydrogen-bond donors (Lipinski definition) is 2. The van der Waals surface area contributed by atoms with Crippen LogP contribution in [0.1, 0.15) is 29.0 Å². The van der Waals surface area contributed by atoms with Crippen LogP contribution in [0.5, 0.6) is 17.4 Å². The summed E-state index contributed by atoms with van der Waals surface area (Å²) in [6.45, 7) is 1.44. The molecular formula is C23H20ClN5O2. The Morgan fingerprint density at radius 3 is 2.77 bits per heavy atom. The molecule has 2 N–H and O–H groups in total. The molecule has 1 aliphatic rings. The average molecular weight is 434 g/mol. The van der Waals surface area contributed by atoms with Gasteiger partial charge in [-0.15, -0.1) is 0 Å². The maximum absolute atomic E-state index is 9.95. The summed E-state index contributed by atoms with van der Waals surface area (Å²) < 4.78 is 9.83. The molecule has 2 aromatic heterocycles. The first-order valence-corrected chi connectivity index (χ1v) is 10.3. The lowest BCUT2D eigenvalue weighted by Crippen LogP contribution is -2.30. The molecule has 7 nitrogen and oxygen atoms in total. The van der Waals surface area contributed by atoms with Crippen molar-refractivity contribution in [2.24, 2.45) is 0 Å². The predicted molar refractivity (Wildman–Crippen MR) is 116 cm³/mol. The minimum atomic E-state index is -0.325. The van der Waals surface area contributed by atoms with Gasteiger partial charge in [0.05, 0.1) is 11.9 Å². The second kappa shape index (κ2) is 7.92. The molecule has 31 heavy (non-hydrogen) atoms. The summed E-state index contributed by atoms with van der Waals surface area (Å²) in [6.07, 6.45) is 7.92. The summed E-state index contributed by atoms with van der Waals surface area (Å²) in [4.78, 5) is 8.57. The summed E-state index contributed by atoms with van der Waals surface area (Å²) >= 11 is 6.57. The van der Waals surface area contributed by atoms with E-state index in [4.69, 9.17) is 21.7 Å². The highest BCUT2D eigenvalue weighted by Gasteiger charge is 2.33. The van der Waals surface area contributed by atoms with E-state index in [9.17, 15) is 5.11 Å². The topological polar surface area (TPSA) is 89.0 Å². The molecule has 0 saturated carbocycles. The number of aromatic hydroxyl groups is 1. The van der Waals surface area contributed by atoms with Gasteiger partial charge in [-0.05, 0) is 24.1 Å². The number of hydrogen-bond acceptors (Lipinski definition) is 5. The van der Waals surface area contributed by atoms with Gasteiger partial charge in [-0.2, -0.15) is 0 Å². The summed E-state index contributed by atoms with van der Waals surface area (Å²) in [6, 6.07) is 12.6. The Kier molecular flexibility index (Phi) is 4.95. The van der Waals surface area contributed by atoms with Gasteiger partial charge in [0.1, 0.15) is 23.3 Å². The highest BCUT2D eigenvalue weighted by atomic mass is 35.5. The Morgan fingerprint density at radius 2 is 1.97 bits per heavy atom. The van der Waals surface area contributed by atoms with Gasteiger partial charge in [0.15, 0.2) is 0 Å². The second-order valence-electron chi connectivity index (χ2n) is 7.44. The number of imidazole rings is 1. The number of rotatable bonds is 5. The van der Waals surface area contributed by atoms with Gasteiger partial charge in [0.2, 0.25) is 5.88 Å². The average Bonchev–Trinajstić information content (AvgIpc) is 3.28. The molecule has 4 aromatic rings. The number of benzene rings is 2. The van der Waals surface area contributed by atoms with E-state index in [0.717, 1.165) is 24.1 Å². The number of halogens is 1. The van der Waals surface area contributed by atoms with E-state index in [1.165, 1.54) is 0 Å². The van der Waals surface area contributed by atoms with Gasteiger partial charge in [-0.1, -0.05) is 35.9 Å². The van der Waals surface area contributed by atoms with Crippen molar-refractivity contribution in [3.8, 4) is 17.4 Å². The van der Waals surface area contributed by atoms with E-state index < -0.39 is 0 Å². The van der Waals surface area contributed by atoms with Gasteiger partial charge in [-0.25, -0.2) is 9.97 Å². The van der Waals surface area contributed by atoms with Crippen molar-refractivity contribution < 1.29 is 9.84 Å². The molecule has 1 aliphatic heterocycles. The van der Waals surface area contributed by atoms with E-state index in [2.05, 4.69) is 9.97 Å². The van der Waals surface area contributed by atoms with E-state index >= 15 is 0 Å². The molecule has 0 aliphatic carbocycles. The zero-order chi connectivity index (χ0) is 21.4. The van der Waals surface area contributed by atoms with Crippen molar-refractivity contribution in [1.82, 2.24) is 19.1 Å². The molecule has 0 amide bonds. The number of nitrogens with one attached hydrogen (secondary N) is 1. The predicted octanol–water partition coefficient (Wildman–Crippen LogP) is 4.29. The smallest absolute Gasteiger partial charge is 0.228 e. The van der Waals surface area contributed by atoms with Crippen LogP contribution in [0.4, 0.5) is 0 Å². The van der Waals surface area contributed by atoms with Crippen molar-refractivity contribution in [3.63, 3.8) is 0 Å². The number of ether oxygens (including phenoxy) is 1. The van der Waals surface area contributed by atoms with Gasteiger partial charge in [0.25, 0.3) is 0 Å². The van der Waals surface area contributed by atoms with Crippen LogP contribution in [0.2, 0.25) is 5.02 Å². The molecule has 0 radical (unpaired) electrons. The Balaban J connectivity index is 1.58. The molecule has 1 unspecified atom stereocenters. The quantitative estimate of drug-likeness (QED) is 0.432. The Bertz CT molecular complexity index is 1300. The molecule has 1 atom stereocenters. The van der Waals surface area contributed by atoms with Crippen molar-refractivity contribution in [2.45, 2.75) is 25.4 Å². The molecule has 156 valence electrons. The van der Waals surface area contributed by atoms with E-state index in [1.807, 2.05) is 45.7 Å². The monoisotopic (exact) mass is 433 g/mol. The zero-order valence-electron chi connectivity index (χ0n) is 16.6. The highest BCUT2D eigenvalue weighted by molar-refractivity contribution is 6.31. The SMILES string of the molecule is N=c1c2c(ncn1CCCn1ccnc1)Oc1cc(O)ccc1C2c1ccccc1Cl. The van der Waals surface area contributed by atoms with Crippen LogP contribution in [-0.4, -0.2) is 24.2 Å². The first-order valence-electron chi connectivity index (χ1n) is 9.96. The van der Waals surface area contributed by atoms with E-state index in [-0.39, 0.29) is 11.7 Å². The van der Waals surface area contributed by atoms with Crippen molar-refractivity contribution >= 4 is 11.6 Å². The van der Waals surface area contributed by atoms with Gasteiger partial charge < -0.3 is 19.0 Å². The van der Waals surface area contributed by atoms with Crippen LogP contribution in [0.3, 0.4) is 0 Å². The van der Waals surface area contributed by atoms with E-state index in [0.29, 0.717) is 34.2 Å². The summed E-state index contributed by atoms with van der Waals surface area (Å²) in [5, 5.41) is 19.5. The summed E-state index contributed by atoms with van der Waals surface area (Å²) in [7, 11) is 0. The van der Waals surface area contributed by atoms with Crippen molar-refractivity contribution in [1.29, 1.82) is 5.41 Å². The third-order valence-corrected chi connectivity index (χ3v) is 5.83. The molecule has 2 aromatic carbocycles. The van der Waals surface area contributed by atoms with Crippen LogP contribution in [-0.2, 0) is 13.1 Å². The maximum atomic E-state index is 9.95. The maximum Gasteiger partial charge on any atom is 0.228 e. The van der Waals surface area contributed by atoms with Crippen LogP contribution in [0.15, 0.2) is 67.5 Å². The number of nitrogens with zero attached hydrogens (tertiary/aromatic N) is 4. The highest BCUT2D eigenvalue weighted by Crippen LogP contribution is 2.47. The number of aryl methyl sites for hydroxylation is 2. The second-order valence-corrected chi connectivity index (χ2v) is 7.85. The summed E-state index contributed by atoms with van der Waals surface area (Å²) in [5.74, 6) is 0.659. The number of fused-ring (bicyclic) bond motifs is 2.